The number of sulfonamides is 1. The predicted molar refractivity (Wildman–Crippen MR) is 129 cm³/mol. The van der Waals surface area contributed by atoms with Gasteiger partial charge in [-0.2, -0.15) is 0 Å². The number of amides is 1. The van der Waals surface area contributed by atoms with E-state index in [9.17, 15) is 13.2 Å². The molecule has 33 heavy (non-hydrogen) atoms. The van der Waals surface area contributed by atoms with Crippen LogP contribution in [0, 0.1) is 13.8 Å². The summed E-state index contributed by atoms with van der Waals surface area (Å²) in [6, 6.07) is 12.5. The average molecular weight is 509 g/mol. The Morgan fingerprint density at radius 3 is 2.30 bits per heavy atom. The van der Waals surface area contributed by atoms with Gasteiger partial charge < -0.3 is 10.1 Å². The highest BCUT2D eigenvalue weighted by Crippen LogP contribution is 2.27. The third-order valence-electron chi connectivity index (χ3n) is 4.36. The zero-order valence-corrected chi connectivity index (χ0v) is 20.3. The number of aryl methyl sites for hydroxylation is 2. The maximum Gasteiger partial charge on any atom is 0.264 e. The Bertz CT molecular complexity index is 1230. The van der Waals surface area contributed by atoms with E-state index < -0.39 is 10.0 Å². The van der Waals surface area contributed by atoms with Crippen molar-refractivity contribution in [3.8, 4) is 5.75 Å². The Labute approximate surface area is 202 Å². The van der Waals surface area contributed by atoms with E-state index in [4.69, 9.17) is 27.9 Å². The number of anilines is 2. The lowest BCUT2D eigenvalue weighted by Gasteiger charge is -2.10. The summed E-state index contributed by atoms with van der Waals surface area (Å²) in [5, 5.41) is 3.64. The fourth-order valence-electron chi connectivity index (χ4n) is 2.90. The first-order valence-electron chi connectivity index (χ1n) is 9.95. The molecule has 0 bridgehead atoms. The van der Waals surface area contributed by atoms with Crippen LogP contribution in [0.5, 0.6) is 5.75 Å². The van der Waals surface area contributed by atoms with Crippen LogP contribution in [0.15, 0.2) is 53.4 Å². The number of carbonyl (C=O) groups is 1. The first kappa shape index (κ1) is 24.8. The van der Waals surface area contributed by atoms with Gasteiger partial charge in [0.25, 0.3) is 10.0 Å². The fourth-order valence-corrected chi connectivity index (χ4v) is 4.31. The number of nitrogens with zero attached hydrogens (tertiary/aromatic N) is 2. The van der Waals surface area contributed by atoms with Crippen molar-refractivity contribution in [3.05, 3.63) is 70.0 Å². The fraction of sp³-hybridized carbons (Fsp3) is 0.227. The largest absolute Gasteiger partial charge is 0.492 e. The molecular formula is C22H22Cl2N4O4S. The number of hydrogen-bond donors (Lipinski definition) is 2. The summed E-state index contributed by atoms with van der Waals surface area (Å²) in [7, 11) is -3.87. The first-order chi connectivity index (χ1) is 15.6. The number of rotatable bonds is 9. The SMILES string of the molecule is Cc1cc(C)nc(NS(=O)(=O)c2ccc(NC(=O)CCCOc3ccc(Cl)cc3Cl)cc2)n1. The zero-order valence-electron chi connectivity index (χ0n) is 17.9. The topological polar surface area (TPSA) is 110 Å². The molecule has 0 aliphatic rings. The molecule has 11 heteroatoms. The molecule has 0 radical (unpaired) electrons. The van der Waals surface area contributed by atoms with Gasteiger partial charge in [-0.05, 0) is 68.8 Å². The molecule has 0 aliphatic heterocycles. The van der Waals surface area contributed by atoms with Crippen LogP contribution in [-0.4, -0.2) is 30.9 Å². The molecule has 0 saturated carbocycles. The number of nitrogens with one attached hydrogen (secondary N) is 2. The van der Waals surface area contributed by atoms with Gasteiger partial charge in [0.15, 0.2) is 0 Å². The standard InChI is InChI=1S/C22H22Cl2N4O4S/c1-14-12-15(2)26-22(25-14)28-33(30,31)18-8-6-17(7-9-18)27-21(29)4-3-11-32-20-10-5-16(23)13-19(20)24/h5-10,12-13H,3-4,11H2,1-2H3,(H,27,29)(H,25,26,28). The molecule has 3 aromatic rings. The van der Waals surface area contributed by atoms with Gasteiger partial charge >= 0.3 is 0 Å². The molecule has 0 saturated heterocycles. The third kappa shape index (κ3) is 7.31. The van der Waals surface area contributed by atoms with Crippen LogP contribution in [0.25, 0.3) is 0 Å². The van der Waals surface area contributed by atoms with E-state index in [1.54, 1.807) is 38.1 Å². The Morgan fingerprint density at radius 1 is 1.00 bits per heavy atom. The second-order valence-electron chi connectivity index (χ2n) is 7.18. The minimum absolute atomic E-state index is 0.00647. The lowest BCUT2D eigenvalue weighted by Crippen LogP contribution is -2.16. The zero-order chi connectivity index (χ0) is 24.0. The smallest absolute Gasteiger partial charge is 0.264 e. The molecule has 0 fully saturated rings. The molecule has 0 aliphatic carbocycles. The van der Waals surface area contributed by atoms with Gasteiger partial charge in [-0.25, -0.2) is 23.1 Å². The lowest BCUT2D eigenvalue weighted by molar-refractivity contribution is -0.116. The van der Waals surface area contributed by atoms with Gasteiger partial charge in [-0.1, -0.05) is 23.2 Å². The van der Waals surface area contributed by atoms with Crippen molar-refractivity contribution in [1.82, 2.24) is 9.97 Å². The summed E-state index contributed by atoms with van der Waals surface area (Å²) in [6.45, 7) is 3.81. The summed E-state index contributed by atoms with van der Waals surface area (Å²) >= 11 is 11.9. The molecular weight excluding hydrogens is 487 g/mol. The molecule has 2 aromatic carbocycles. The number of benzene rings is 2. The third-order valence-corrected chi connectivity index (χ3v) is 6.23. The van der Waals surface area contributed by atoms with Crippen molar-refractivity contribution in [2.45, 2.75) is 31.6 Å². The highest BCUT2D eigenvalue weighted by Gasteiger charge is 2.16. The molecule has 3 rings (SSSR count). The van der Waals surface area contributed by atoms with Crippen LogP contribution in [0.2, 0.25) is 10.0 Å². The van der Waals surface area contributed by atoms with E-state index in [0.717, 1.165) is 0 Å². The molecule has 0 atom stereocenters. The molecule has 1 heterocycles. The molecule has 8 nitrogen and oxygen atoms in total. The van der Waals surface area contributed by atoms with E-state index in [1.165, 1.54) is 24.3 Å². The Hall–Kier alpha value is -2.88. The van der Waals surface area contributed by atoms with Gasteiger partial charge in [0.05, 0.1) is 16.5 Å². The quantitative estimate of drug-likeness (QED) is 0.393. The van der Waals surface area contributed by atoms with Crippen molar-refractivity contribution in [2.75, 3.05) is 16.6 Å². The number of aromatic nitrogens is 2. The van der Waals surface area contributed by atoms with Crippen molar-refractivity contribution in [3.63, 3.8) is 0 Å². The summed E-state index contributed by atoms with van der Waals surface area (Å²) < 4.78 is 33.1. The molecule has 2 N–H and O–H groups in total. The van der Waals surface area contributed by atoms with E-state index in [0.29, 0.717) is 45.9 Å². The van der Waals surface area contributed by atoms with Crippen LogP contribution >= 0.6 is 23.2 Å². The highest BCUT2D eigenvalue weighted by molar-refractivity contribution is 7.92. The molecule has 1 aromatic heterocycles. The number of carbonyl (C=O) groups excluding carboxylic acids is 1. The summed E-state index contributed by atoms with van der Waals surface area (Å²) in [6.07, 6.45) is 0.688. The van der Waals surface area contributed by atoms with Crippen LogP contribution in [0.3, 0.4) is 0 Å². The van der Waals surface area contributed by atoms with E-state index in [2.05, 4.69) is 20.0 Å². The lowest BCUT2D eigenvalue weighted by atomic mass is 10.2. The minimum atomic E-state index is -3.87. The van der Waals surface area contributed by atoms with Gasteiger partial charge in [0, 0.05) is 28.5 Å². The number of ether oxygens (including phenoxy) is 1. The summed E-state index contributed by atoms with van der Waals surface area (Å²) in [5.41, 5.74) is 1.78. The summed E-state index contributed by atoms with van der Waals surface area (Å²) in [5.74, 6) is 0.281. The maximum absolute atomic E-state index is 12.6. The van der Waals surface area contributed by atoms with E-state index in [-0.39, 0.29) is 23.2 Å². The normalized spacial score (nSPS) is 11.2. The van der Waals surface area contributed by atoms with Crippen molar-refractivity contribution < 1.29 is 17.9 Å². The van der Waals surface area contributed by atoms with Crippen LogP contribution < -0.4 is 14.8 Å². The van der Waals surface area contributed by atoms with Crippen molar-refractivity contribution >= 4 is 50.8 Å². The van der Waals surface area contributed by atoms with Gasteiger partial charge in [-0.3, -0.25) is 4.79 Å². The van der Waals surface area contributed by atoms with Crippen LogP contribution in [-0.2, 0) is 14.8 Å². The van der Waals surface area contributed by atoms with Gasteiger partial charge in [-0.15, -0.1) is 0 Å². The highest BCUT2D eigenvalue weighted by atomic mass is 35.5. The van der Waals surface area contributed by atoms with Crippen molar-refractivity contribution in [2.24, 2.45) is 0 Å². The first-order valence-corrected chi connectivity index (χ1v) is 12.2. The Balaban J connectivity index is 1.50. The van der Waals surface area contributed by atoms with Crippen LogP contribution in [0.4, 0.5) is 11.6 Å². The van der Waals surface area contributed by atoms with Crippen LogP contribution in [0.1, 0.15) is 24.2 Å². The number of halogens is 2. The van der Waals surface area contributed by atoms with Crippen molar-refractivity contribution in [1.29, 1.82) is 0 Å². The second-order valence-corrected chi connectivity index (χ2v) is 9.71. The minimum Gasteiger partial charge on any atom is -0.492 e. The Kier molecular flexibility index (Phi) is 8.12. The molecule has 174 valence electrons. The average Bonchev–Trinajstić information content (AvgIpc) is 2.72. The van der Waals surface area contributed by atoms with Gasteiger partial charge in [0.1, 0.15) is 5.75 Å². The molecule has 0 spiro atoms. The predicted octanol–water partition coefficient (Wildman–Crippen LogP) is 5.00. The molecule has 0 unspecified atom stereocenters. The number of hydrogen-bond acceptors (Lipinski definition) is 6. The maximum atomic E-state index is 12.6. The van der Waals surface area contributed by atoms with E-state index in [1.807, 2.05) is 0 Å². The monoisotopic (exact) mass is 508 g/mol. The Morgan fingerprint density at radius 2 is 1.67 bits per heavy atom. The van der Waals surface area contributed by atoms with Gasteiger partial charge in [0.2, 0.25) is 11.9 Å². The molecule has 1 amide bonds. The second kappa shape index (κ2) is 10.8. The summed E-state index contributed by atoms with van der Waals surface area (Å²) in [4.78, 5) is 20.4. The van der Waals surface area contributed by atoms with E-state index >= 15 is 0 Å².